The molecule has 0 aliphatic rings. The number of nitro groups is 1. The van der Waals surface area contributed by atoms with Crippen molar-refractivity contribution in [3.05, 3.63) is 62.6 Å². The molecule has 0 aliphatic carbocycles. The lowest BCUT2D eigenvalue weighted by Crippen LogP contribution is -2.24. The third-order valence-electron chi connectivity index (χ3n) is 2.66. The fraction of sp³-hybridized carbons (Fsp3) is 0.0769. The first-order valence-electron chi connectivity index (χ1n) is 5.86. The second-order valence-corrected chi connectivity index (χ2v) is 4.43. The van der Waals surface area contributed by atoms with Gasteiger partial charge in [0, 0.05) is 0 Å². The maximum atomic E-state index is 11.7. The van der Waals surface area contributed by atoms with Gasteiger partial charge in [-0.15, -0.1) is 0 Å². The number of pyridine rings is 1. The molecule has 114 valence electrons. The van der Waals surface area contributed by atoms with Gasteiger partial charge in [-0.3, -0.25) is 10.1 Å². The van der Waals surface area contributed by atoms with Crippen LogP contribution in [0, 0.1) is 15.3 Å². The molecule has 1 aromatic carbocycles. The summed E-state index contributed by atoms with van der Waals surface area (Å²) in [5.74, 6) is -1.15. The Morgan fingerprint density at radius 1 is 1.32 bits per heavy atom. The first-order valence-corrected chi connectivity index (χ1v) is 6.23. The molecule has 9 heteroatoms. The fourth-order valence-electron chi connectivity index (χ4n) is 1.69. The van der Waals surface area contributed by atoms with E-state index in [0.717, 1.165) is 25.6 Å². The number of benzene rings is 1. The second kappa shape index (κ2) is 6.27. The van der Waals surface area contributed by atoms with Crippen molar-refractivity contribution >= 4 is 23.3 Å². The third-order valence-corrected chi connectivity index (χ3v) is 2.97. The molecule has 0 unspecified atom stereocenters. The average molecular weight is 325 g/mol. The molecular formula is C13H9ClN2O6. The molecule has 0 amide bonds. The highest BCUT2D eigenvalue weighted by Gasteiger charge is 2.23. The van der Waals surface area contributed by atoms with Gasteiger partial charge in [0.15, 0.2) is 6.20 Å². The third kappa shape index (κ3) is 3.07. The van der Waals surface area contributed by atoms with Gasteiger partial charge in [-0.2, -0.15) is 4.73 Å². The largest absolute Gasteiger partial charge is 0.619 e. The molecule has 0 radical (unpaired) electrons. The van der Waals surface area contributed by atoms with E-state index >= 15 is 0 Å². The quantitative estimate of drug-likeness (QED) is 0.281. The summed E-state index contributed by atoms with van der Waals surface area (Å²) in [6.45, 7) is 0. The van der Waals surface area contributed by atoms with Gasteiger partial charge in [0.25, 0.3) is 5.75 Å². The van der Waals surface area contributed by atoms with Crippen molar-refractivity contribution in [2.24, 2.45) is 0 Å². The molecule has 0 aliphatic heterocycles. The number of hydrogen-bond donors (Lipinski definition) is 0. The molecule has 1 heterocycles. The van der Waals surface area contributed by atoms with Gasteiger partial charge in [-0.05, 0) is 12.1 Å². The Morgan fingerprint density at radius 2 is 2.05 bits per heavy atom. The fourth-order valence-corrected chi connectivity index (χ4v) is 1.93. The molecular weight excluding hydrogens is 316 g/mol. The van der Waals surface area contributed by atoms with E-state index in [-0.39, 0.29) is 22.1 Å². The highest BCUT2D eigenvalue weighted by atomic mass is 35.5. The number of rotatable bonds is 4. The number of nitrogens with zero attached hydrogens (tertiary/aromatic N) is 2. The predicted molar refractivity (Wildman–Crippen MR) is 74.9 cm³/mol. The minimum atomic E-state index is -0.769. The standard InChI is InChI=1S/C13H9ClN2O6/c1-21-13(17)12-8(14)3-2-4-10(12)22-11-7-15(18)6-5-9(11)16(19)20/h2-7H,1H3. The molecule has 1 aromatic heterocycles. The number of methoxy groups -OCH3 is 1. The highest BCUT2D eigenvalue weighted by Crippen LogP contribution is 2.34. The highest BCUT2D eigenvalue weighted by molar-refractivity contribution is 6.34. The van der Waals surface area contributed by atoms with Gasteiger partial charge in [-0.1, -0.05) is 17.7 Å². The Labute approximate surface area is 129 Å². The van der Waals surface area contributed by atoms with Crippen molar-refractivity contribution in [1.29, 1.82) is 0 Å². The lowest BCUT2D eigenvalue weighted by atomic mass is 10.2. The smallest absolute Gasteiger partial charge is 0.343 e. The van der Waals surface area contributed by atoms with Gasteiger partial charge in [0.2, 0.25) is 6.20 Å². The van der Waals surface area contributed by atoms with Crippen LogP contribution in [0.25, 0.3) is 0 Å². The second-order valence-electron chi connectivity index (χ2n) is 4.02. The summed E-state index contributed by atoms with van der Waals surface area (Å²) in [5, 5.41) is 22.3. The number of halogens is 1. The van der Waals surface area contributed by atoms with Gasteiger partial charge in [0.05, 0.1) is 23.1 Å². The number of carbonyl (C=O) groups excluding carboxylic acids is 1. The summed E-state index contributed by atoms with van der Waals surface area (Å²) in [7, 11) is 1.16. The van der Waals surface area contributed by atoms with Crippen LogP contribution in [-0.2, 0) is 4.74 Å². The molecule has 0 saturated carbocycles. The Morgan fingerprint density at radius 3 is 2.68 bits per heavy atom. The molecule has 0 bridgehead atoms. The summed E-state index contributed by atoms with van der Waals surface area (Å²) in [6.07, 6.45) is 1.84. The Kier molecular flexibility index (Phi) is 4.42. The van der Waals surface area contributed by atoms with Crippen LogP contribution < -0.4 is 9.47 Å². The maximum Gasteiger partial charge on any atom is 0.343 e. The first-order chi connectivity index (χ1) is 10.4. The van der Waals surface area contributed by atoms with Gasteiger partial charge < -0.3 is 14.7 Å². The van der Waals surface area contributed by atoms with Crippen molar-refractivity contribution < 1.29 is 23.9 Å². The summed E-state index contributed by atoms with van der Waals surface area (Å²) in [4.78, 5) is 22.0. The van der Waals surface area contributed by atoms with E-state index in [2.05, 4.69) is 4.74 Å². The zero-order valence-corrected chi connectivity index (χ0v) is 11.9. The summed E-state index contributed by atoms with van der Waals surface area (Å²) in [6, 6.07) is 5.30. The SMILES string of the molecule is COC(=O)c1c(Cl)cccc1Oc1c[n+]([O-])ccc1[N+](=O)[O-]. The molecule has 0 fully saturated rings. The van der Waals surface area contributed by atoms with Crippen molar-refractivity contribution in [2.45, 2.75) is 0 Å². The Bertz CT molecular complexity index is 749. The van der Waals surface area contributed by atoms with Crippen LogP contribution in [0.2, 0.25) is 5.02 Å². The molecule has 2 aromatic rings. The van der Waals surface area contributed by atoms with Crippen molar-refractivity contribution in [3.8, 4) is 11.5 Å². The molecule has 2 rings (SSSR count). The Balaban J connectivity index is 2.52. The number of hydrogen-bond acceptors (Lipinski definition) is 6. The van der Waals surface area contributed by atoms with Crippen LogP contribution in [0.3, 0.4) is 0 Å². The number of esters is 1. The molecule has 8 nitrogen and oxygen atoms in total. The van der Waals surface area contributed by atoms with Gasteiger partial charge >= 0.3 is 11.7 Å². The van der Waals surface area contributed by atoms with Crippen LogP contribution in [0.1, 0.15) is 10.4 Å². The molecule has 0 N–H and O–H groups in total. The normalized spacial score (nSPS) is 10.1. The van der Waals surface area contributed by atoms with E-state index in [0.29, 0.717) is 4.73 Å². The summed E-state index contributed by atoms with van der Waals surface area (Å²) in [5.41, 5.74) is -0.523. The van der Waals surface area contributed by atoms with Crippen LogP contribution in [0.4, 0.5) is 5.69 Å². The summed E-state index contributed by atoms with van der Waals surface area (Å²) >= 11 is 5.92. The topological polar surface area (TPSA) is 106 Å². The van der Waals surface area contributed by atoms with Crippen LogP contribution >= 0.6 is 11.6 Å². The lowest BCUT2D eigenvalue weighted by Gasteiger charge is -2.10. The number of ether oxygens (including phenoxy) is 2. The van der Waals surface area contributed by atoms with Crippen LogP contribution in [-0.4, -0.2) is 18.0 Å². The van der Waals surface area contributed by atoms with Gasteiger partial charge in [-0.25, -0.2) is 4.79 Å². The van der Waals surface area contributed by atoms with Crippen LogP contribution in [0.15, 0.2) is 36.7 Å². The van der Waals surface area contributed by atoms with E-state index in [1.54, 1.807) is 0 Å². The van der Waals surface area contributed by atoms with E-state index in [9.17, 15) is 20.1 Å². The molecule has 0 atom stereocenters. The van der Waals surface area contributed by atoms with Crippen molar-refractivity contribution in [2.75, 3.05) is 7.11 Å². The summed E-state index contributed by atoms with van der Waals surface area (Å²) < 4.78 is 10.3. The molecule has 22 heavy (non-hydrogen) atoms. The zero-order chi connectivity index (χ0) is 16.3. The minimum absolute atomic E-state index is 0.0536. The van der Waals surface area contributed by atoms with E-state index in [1.165, 1.54) is 18.2 Å². The van der Waals surface area contributed by atoms with Gasteiger partial charge in [0.1, 0.15) is 11.3 Å². The first kappa shape index (κ1) is 15.5. The molecule has 0 saturated heterocycles. The number of carbonyl (C=O) groups is 1. The maximum absolute atomic E-state index is 11.7. The number of aromatic nitrogens is 1. The lowest BCUT2D eigenvalue weighted by molar-refractivity contribution is -0.606. The molecule has 0 spiro atoms. The van der Waals surface area contributed by atoms with Crippen molar-refractivity contribution in [1.82, 2.24) is 0 Å². The minimum Gasteiger partial charge on any atom is -0.619 e. The average Bonchev–Trinajstić information content (AvgIpc) is 2.46. The zero-order valence-electron chi connectivity index (χ0n) is 11.2. The predicted octanol–water partition coefficient (Wildman–Crippen LogP) is 2.46. The van der Waals surface area contributed by atoms with Crippen molar-refractivity contribution in [3.63, 3.8) is 0 Å². The Hall–Kier alpha value is -2.87. The monoisotopic (exact) mass is 324 g/mol. The van der Waals surface area contributed by atoms with E-state index < -0.39 is 16.6 Å². The van der Waals surface area contributed by atoms with E-state index in [4.69, 9.17) is 16.3 Å². The van der Waals surface area contributed by atoms with Crippen LogP contribution in [0.5, 0.6) is 11.5 Å². The van der Waals surface area contributed by atoms with E-state index in [1.807, 2.05) is 0 Å².